The fraction of sp³-hybridized carbons (Fsp3) is 0.269. The van der Waals surface area contributed by atoms with Crippen LogP contribution in [0.1, 0.15) is 65.3 Å². The Morgan fingerprint density at radius 3 is 2.36 bits per heavy atom. The molecule has 0 aliphatic heterocycles. The van der Waals surface area contributed by atoms with Crippen LogP contribution in [0.4, 0.5) is 0 Å². The summed E-state index contributed by atoms with van der Waals surface area (Å²) in [4.78, 5) is 16.0. The van der Waals surface area contributed by atoms with Crippen molar-refractivity contribution in [2.24, 2.45) is 5.14 Å². The maximum atomic E-state index is 11.7. The number of carboxylic acids is 1. The summed E-state index contributed by atoms with van der Waals surface area (Å²) in [6.07, 6.45) is 6.02. The van der Waals surface area contributed by atoms with E-state index in [1.807, 2.05) is 35.0 Å². The Hall–Kier alpha value is -3.34. The third-order valence-corrected chi connectivity index (χ3v) is 8.33. The lowest BCUT2D eigenvalue weighted by atomic mass is 9.83. The predicted molar refractivity (Wildman–Crippen MR) is 138 cm³/mol. The van der Waals surface area contributed by atoms with Gasteiger partial charge >= 0.3 is 5.97 Å². The molecule has 0 saturated heterocycles. The van der Waals surface area contributed by atoms with E-state index in [2.05, 4.69) is 4.98 Å². The number of rotatable bonds is 7. The van der Waals surface area contributed by atoms with Crippen LogP contribution in [0, 0.1) is 0 Å². The van der Waals surface area contributed by atoms with Crippen LogP contribution >= 0.6 is 11.3 Å². The first-order valence-corrected chi connectivity index (χ1v) is 14.2. The highest BCUT2D eigenvalue weighted by atomic mass is 32.2. The molecule has 10 heteroatoms. The Kier molecular flexibility index (Phi) is 6.74. The fourth-order valence-electron chi connectivity index (χ4n) is 4.87. The lowest BCUT2D eigenvalue weighted by Crippen LogP contribution is -2.13. The second kappa shape index (κ2) is 9.96. The summed E-state index contributed by atoms with van der Waals surface area (Å²) >= 11 is 1.27. The lowest BCUT2D eigenvalue weighted by molar-refractivity contribution is 0.0691. The Morgan fingerprint density at radius 2 is 1.75 bits per heavy atom. The van der Waals surface area contributed by atoms with Gasteiger partial charge in [0, 0.05) is 28.8 Å². The molecule has 1 fully saturated rings. The van der Waals surface area contributed by atoms with Gasteiger partial charge in [-0.15, -0.1) is 11.3 Å². The van der Waals surface area contributed by atoms with Crippen LogP contribution in [-0.2, 0) is 16.4 Å². The van der Waals surface area contributed by atoms with Gasteiger partial charge in [-0.05, 0) is 30.5 Å². The van der Waals surface area contributed by atoms with Gasteiger partial charge in [-0.1, -0.05) is 61.7 Å². The van der Waals surface area contributed by atoms with Gasteiger partial charge in [0.1, 0.15) is 0 Å². The number of hydrogen-bond donors (Lipinski definition) is 2. The number of sulfonamides is 1. The smallest absolute Gasteiger partial charge is 0.355 e. The third-order valence-electron chi connectivity index (χ3n) is 6.59. The van der Waals surface area contributed by atoms with Gasteiger partial charge in [0.05, 0.1) is 16.3 Å². The number of carboxylic acid groups (broad SMARTS) is 1. The monoisotopic (exact) mass is 522 g/mol. The van der Waals surface area contributed by atoms with Crippen molar-refractivity contribution in [3.63, 3.8) is 0 Å². The van der Waals surface area contributed by atoms with Crippen LogP contribution in [0.3, 0.4) is 0 Å². The fourth-order valence-corrected chi connectivity index (χ4v) is 6.14. The number of aromatic nitrogens is 3. The van der Waals surface area contributed by atoms with Gasteiger partial charge in [-0.25, -0.2) is 28.0 Å². The van der Waals surface area contributed by atoms with Crippen LogP contribution in [0.25, 0.3) is 16.4 Å². The number of carbonyl (C=O) groups is 1. The van der Waals surface area contributed by atoms with E-state index in [9.17, 15) is 18.3 Å². The van der Waals surface area contributed by atoms with Gasteiger partial charge in [-0.3, -0.25) is 0 Å². The molecule has 0 unspecified atom stereocenters. The summed E-state index contributed by atoms with van der Waals surface area (Å²) in [5, 5.41) is 21.8. The summed E-state index contributed by atoms with van der Waals surface area (Å²) < 4.78 is 25.3. The number of benzene rings is 2. The van der Waals surface area contributed by atoms with Gasteiger partial charge in [0.15, 0.2) is 5.69 Å². The van der Waals surface area contributed by atoms with Gasteiger partial charge < -0.3 is 5.11 Å². The summed E-state index contributed by atoms with van der Waals surface area (Å²) in [7, 11) is -3.78. The van der Waals surface area contributed by atoms with Gasteiger partial charge in [-0.2, -0.15) is 5.10 Å². The predicted octanol–water partition coefficient (Wildman–Crippen LogP) is 4.98. The maximum absolute atomic E-state index is 11.7. The topological polar surface area (TPSA) is 128 Å². The molecule has 2 aromatic carbocycles. The average Bonchev–Trinajstić information content (AvgIpc) is 3.51. The van der Waals surface area contributed by atoms with Crippen LogP contribution in [0.5, 0.6) is 0 Å². The van der Waals surface area contributed by atoms with Crippen LogP contribution in [0.2, 0.25) is 0 Å². The summed E-state index contributed by atoms with van der Waals surface area (Å²) in [6, 6.07) is 16.5. The first kappa shape index (κ1) is 24.4. The minimum atomic E-state index is -3.78. The highest BCUT2D eigenvalue weighted by Gasteiger charge is 2.29. The summed E-state index contributed by atoms with van der Waals surface area (Å²) in [5.41, 5.74) is 4.81. The number of nitrogens with zero attached hydrogens (tertiary/aromatic N) is 3. The number of aromatic carboxylic acids is 1. The highest BCUT2D eigenvalue weighted by molar-refractivity contribution is 7.89. The molecule has 1 aliphatic rings. The number of hydrogen-bond acceptors (Lipinski definition) is 6. The van der Waals surface area contributed by atoms with E-state index in [1.165, 1.54) is 35.3 Å². The highest BCUT2D eigenvalue weighted by Crippen LogP contribution is 2.40. The van der Waals surface area contributed by atoms with Crippen molar-refractivity contribution in [3.05, 3.63) is 82.5 Å². The molecule has 8 nitrogen and oxygen atoms in total. The quantitative estimate of drug-likeness (QED) is 0.352. The summed E-state index contributed by atoms with van der Waals surface area (Å²) in [6.45, 7) is 0. The zero-order valence-electron chi connectivity index (χ0n) is 19.5. The molecule has 4 aromatic rings. The van der Waals surface area contributed by atoms with E-state index >= 15 is 0 Å². The van der Waals surface area contributed by atoms with Crippen molar-refractivity contribution in [3.8, 4) is 16.4 Å². The molecule has 0 spiro atoms. The van der Waals surface area contributed by atoms with Crippen LogP contribution in [-0.4, -0.2) is 34.3 Å². The van der Waals surface area contributed by atoms with E-state index in [0.717, 1.165) is 53.8 Å². The zero-order valence-corrected chi connectivity index (χ0v) is 21.1. The van der Waals surface area contributed by atoms with Gasteiger partial charge in [0.25, 0.3) is 0 Å². The van der Waals surface area contributed by atoms with Crippen molar-refractivity contribution in [2.45, 2.75) is 49.3 Å². The SMILES string of the molecule is NS(=O)(=O)c1ccc(Cc2c(-c3ccccc3)nn(-c3nc(C(=O)O)cs3)c2C2CCCCC2)cc1. The van der Waals surface area contributed by atoms with E-state index in [4.69, 9.17) is 10.2 Å². The molecule has 3 N–H and O–H groups in total. The molecular weight excluding hydrogens is 496 g/mol. The molecule has 2 aromatic heterocycles. The standard InChI is InChI=1S/C26H26N4O4S2/c27-36(33,34)20-13-11-17(12-14-20)15-21-23(18-7-3-1-4-8-18)29-30(24(21)19-9-5-2-6-10-19)26-28-22(16-35-26)25(31)32/h1,3-4,7-8,11-14,16,19H,2,5-6,9-10,15H2,(H,31,32)(H2,27,33,34). The van der Waals surface area contributed by atoms with E-state index < -0.39 is 16.0 Å². The maximum Gasteiger partial charge on any atom is 0.355 e. The lowest BCUT2D eigenvalue weighted by Gasteiger charge is -2.23. The molecule has 0 amide bonds. The second-order valence-electron chi connectivity index (χ2n) is 9.01. The molecular formula is C26H26N4O4S2. The second-order valence-corrected chi connectivity index (χ2v) is 11.4. The van der Waals surface area contributed by atoms with Crippen LogP contribution < -0.4 is 5.14 Å². The third kappa shape index (κ3) is 4.97. The van der Waals surface area contributed by atoms with Crippen molar-refractivity contribution in [2.75, 3.05) is 0 Å². The number of thiazole rings is 1. The van der Waals surface area contributed by atoms with E-state index in [1.54, 1.807) is 12.1 Å². The number of primary sulfonamides is 1. The Balaban J connectivity index is 1.68. The Labute approximate surface area is 213 Å². The van der Waals surface area contributed by atoms with Crippen molar-refractivity contribution in [1.82, 2.24) is 14.8 Å². The minimum absolute atomic E-state index is 0.00138. The van der Waals surface area contributed by atoms with Crippen molar-refractivity contribution < 1.29 is 18.3 Å². The van der Waals surface area contributed by atoms with Crippen molar-refractivity contribution >= 4 is 27.3 Å². The first-order chi connectivity index (χ1) is 17.3. The molecule has 2 heterocycles. The minimum Gasteiger partial charge on any atom is -0.476 e. The largest absolute Gasteiger partial charge is 0.476 e. The molecule has 1 saturated carbocycles. The Morgan fingerprint density at radius 1 is 1.06 bits per heavy atom. The molecule has 1 aliphatic carbocycles. The van der Waals surface area contributed by atoms with Crippen LogP contribution in [0.15, 0.2) is 64.9 Å². The zero-order chi connectivity index (χ0) is 25.3. The molecule has 186 valence electrons. The van der Waals surface area contributed by atoms with Gasteiger partial charge in [0.2, 0.25) is 15.2 Å². The molecule has 0 bridgehead atoms. The average molecular weight is 523 g/mol. The molecule has 36 heavy (non-hydrogen) atoms. The van der Waals surface area contributed by atoms with Crippen molar-refractivity contribution in [1.29, 1.82) is 0 Å². The summed E-state index contributed by atoms with van der Waals surface area (Å²) in [5.74, 6) is -0.804. The van der Waals surface area contributed by atoms with E-state index in [0.29, 0.717) is 11.6 Å². The van der Waals surface area contributed by atoms with E-state index in [-0.39, 0.29) is 16.5 Å². The number of nitrogens with two attached hydrogens (primary N) is 1. The molecule has 0 radical (unpaired) electrons. The first-order valence-electron chi connectivity index (χ1n) is 11.8. The Bertz CT molecular complexity index is 1490. The normalized spacial score (nSPS) is 14.7. The molecule has 5 rings (SSSR count). The molecule has 0 atom stereocenters.